The highest BCUT2D eigenvalue weighted by Gasteiger charge is 2.40. The van der Waals surface area contributed by atoms with Gasteiger partial charge in [-0.2, -0.15) is 13.9 Å². The van der Waals surface area contributed by atoms with Gasteiger partial charge < -0.3 is 24.6 Å². The Kier molecular flexibility index (Phi) is 6.74. The molecular formula is C24H27F3N4O5. The number of hydrogen-bond acceptors (Lipinski definition) is 7. The van der Waals surface area contributed by atoms with Crippen LogP contribution in [0.3, 0.4) is 0 Å². The first-order valence-electron chi connectivity index (χ1n) is 11.3. The second kappa shape index (κ2) is 9.49. The van der Waals surface area contributed by atoms with Crippen LogP contribution in [-0.2, 0) is 0 Å². The molecule has 0 radical (unpaired) electrons. The van der Waals surface area contributed by atoms with E-state index in [2.05, 4.69) is 20.1 Å². The van der Waals surface area contributed by atoms with Gasteiger partial charge in [0, 0.05) is 18.1 Å². The summed E-state index contributed by atoms with van der Waals surface area (Å²) in [5.41, 5.74) is 0.283. The van der Waals surface area contributed by atoms with Crippen molar-refractivity contribution in [1.29, 1.82) is 0 Å². The number of carbonyl (C=O) groups excluding carboxylic acids is 1. The third-order valence-corrected chi connectivity index (χ3v) is 5.98. The summed E-state index contributed by atoms with van der Waals surface area (Å²) in [7, 11) is 1.28. The number of rotatable bonds is 9. The quantitative estimate of drug-likeness (QED) is 0.454. The summed E-state index contributed by atoms with van der Waals surface area (Å²) < 4.78 is 57.1. The molecule has 9 nitrogen and oxygen atoms in total. The van der Waals surface area contributed by atoms with Crippen molar-refractivity contribution in [3.63, 3.8) is 0 Å². The fourth-order valence-corrected chi connectivity index (χ4v) is 3.50. The lowest BCUT2D eigenvalue weighted by molar-refractivity contribution is -0.0502. The van der Waals surface area contributed by atoms with E-state index in [0.29, 0.717) is 28.3 Å². The summed E-state index contributed by atoms with van der Waals surface area (Å²) in [5, 5.41) is 17.1. The molecule has 1 fully saturated rings. The number of methoxy groups -OCH3 is 1. The fourth-order valence-electron chi connectivity index (χ4n) is 3.50. The topological polar surface area (TPSA) is 107 Å². The molecule has 2 heterocycles. The molecule has 1 aliphatic rings. The van der Waals surface area contributed by atoms with E-state index >= 15 is 0 Å². The van der Waals surface area contributed by atoms with Crippen molar-refractivity contribution < 1.29 is 37.3 Å². The van der Waals surface area contributed by atoms with E-state index < -0.39 is 42.2 Å². The van der Waals surface area contributed by atoms with Gasteiger partial charge in [-0.3, -0.25) is 4.79 Å². The predicted molar refractivity (Wildman–Crippen MR) is 123 cm³/mol. The van der Waals surface area contributed by atoms with Crippen molar-refractivity contribution >= 4 is 11.6 Å². The summed E-state index contributed by atoms with van der Waals surface area (Å²) in [5.74, 6) is -0.832. The lowest BCUT2D eigenvalue weighted by atomic mass is 10.0. The molecule has 1 saturated carbocycles. The molecule has 2 N–H and O–H groups in total. The van der Waals surface area contributed by atoms with E-state index in [4.69, 9.17) is 9.47 Å². The standard InChI is InChI=1S/C24H27F3N4O5/c1-11-17(35-12(2)24(3,4)33)9-20-28-10-16(31(20)30-11)13-6-18(34-5)21(19(7-13)36-23(26)27)22(32)29-15-8-14(15)25/h6-7,9-10,12,14-15,23,33H,8H2,1-5H3,(H,29,32)/t12-,14-,15?/m0/s1. The SMILES string of the molecule is COc1cc(-c2cnc3cc(O[C@@H](C)C(C)(C)O)c(C)nn23)cc(OC(F)F)c1C(=O)NC1C[C@@H]1F. The average Bonchev–Trinajstić information content (AvgIpc) is 3.32. The second-order valence-corrected chi connectivity index (χ2v) is 9.18. The maximum Gasteiger partial charge on any atom is 0.387 e. The van der Waals surface area contributed by atoms with E-state index in [9.17, 15) is 23.1 Å². The number of aromatic nitrogens is 3. The largest absolute Gasteiger partial charge is 0.496 e. The lowest BCUT2D eigenvalue weighted by Gasteiger charge is -2.27. The molecule has 12 heteroatoms. The Balaban J connectivity index is 1.76. The molecule has 1 amide bonds. The number of benzene rings is 1. The molecule has 0 aliphatic heterocycles. The molecule has 0 saturated heterocycles. The molecule has 194 valence electrons. The third kappa shape index (κ3) is 5.18. The average molecular weight is 508 g/mol. The first-order valence-corrected chi connectivity index (χ1v) is 11.3. The summed E-state index contributed by atoms with van der Waals surface area (Å²) in [4.78, 5) is 17.1. The molecule has 3 atom stereocenters. The maximum atomic E-state index is 13.3. The maximum absolute atomic E-state index is 13.3. The van der Waals surface area contributed by atoms with Gasteiger partial charge in [-0.05, 0) is 39.8 Å². The second-order valence-electron chi connectivity index (χ2n) is 9.18. The van der Waals surface area contributed by atoms with Gasteiger partial charge in [-0.1, -0.05) is 0 Å². The number of fused-ring (bicyclic) bond motifs is 1. The molecule has 4 rings (SSSR count). The smallest absolute Gasteiger partial charge is 0.387 e. The molecule has 0 bridgehead atoms. The monoisotopic (exact) mass is 508 g/mol. The normalized spacial score (nSPS) is 18.3. The minimum Gasteiger partial charge on any atom is -0.496 e. The fraction of sp³-hybridized carbons (Fsp3) is 0.458. The van der Waals surface area contributed by atoms with Crippen LogP contribution in [0, 0.1) is 6.92 Å². The number of imidazole rings is 1. The van der Waals surface area contributed by atoms with Crippen LogP contribution in [0.2, 0.25) is 0 Å². The van der Waals surface area contributed by atoms with Gasteiger partial charge in [0.25, 0.3) is 5.91 Å². The Bertz CT molecular complexity index is 1290. The Hall–Kier alpha value is -3.54. The van der Waals surface area contributed by atoms with Gasteiger partial charge in [0.2, 0.25) is 0 Å². The molecule has 0 spiro atoms. The van der Waals surface area contributed by atoms with Crippen LogP contribution in [0.15, 0.2) is 24.4 Å². The summed E-state index contributed by atoms with van der Waals surface area (Å²) in [6.07, 6.45) is -0.0740. The summed E-state index contributed by atoms with van der Waals surface area (Å²) >= 11 is 0. The Morgan fingerprint density at radius 3 is 2.47 bits per heavy atom. The number of halogens is 3. The van der Waals surface area contributed by atoms with Gasteiger partial charge >= 0.3 is 6.61 Å². The van der Waals surface area contributed by atoms with Crippen molar-refractivity contribution in [2.24, 2.45) is 0 Å². The highest BCUT2D eigenvalue weighted by molar-refractivity contribution is 6.01. The van der Waals surface area contributed by atoms with Crippen LogP contribution in [0.4, 0.5) is 13.2 Å². The molecule has 1 unspecified atom stereocenters. The first-order chi connectivity index (χ1) is 16.9. The van der Waals surface area contributed by atoms with E-state index in [1.807, 2.05) is 0 Å². The van der Waals surface area contributed by atoms with Gasteiger partial charge in [0.15, 0.2) is 5.65 Å². The minimum atomic E-state index is -3.22. The van der Waals surface area contributed by atoms with Gasteiger partial charge in [0.05, 0.1) is 30.6 Å². The minimum absolute atomic E-state index is 0.0395. The van der Waals surface area contributed by atoms with Crippen molar-refractivity contribution in [3.8, 4) is 28.5 Å². The van der Waals surface area contributed by atoms with Crippen molar-refractivity contribution in [3.05, 3.63) is 35.7 Å². The van der Waals surface area contributed by atoms with Crippen LogP contribution in [0.25, 0.3) is 16.9 Å². The Labute approximate surface area is 205 Å². The zero-order valence-corrected chi connectivity index (χ0v) is 20.4. The van der Waals surface area contributed by atoms with Gasteiger partial charge in [0.1, 0.15) is 40.8 Å². The van der Waals surface area contributed by atoms with E-state index in [0.717, 1.165) is 0 Å². The van der Waals surface area contributed by atoms with E-state index in [1.54, 1.807) is 33.8 Å². The lowest BCUT2D eigenvalue weighted by Crippen LogP contribution is -2.38. The number of alkyl halides is 3. The number of aryl methyl sites for hydroxylation is 1. The number of carbonyl (C=O) groups is 1. The van der Waals surface area contributed by atoms with Crippen LogP contribution in [0.1, 0.15) is 43.2 Å². The molecule has 1 aromatic carbocycles. The zero-order chi connectivity index (χ0) is 26.4. The summed E-state index contributed by atoms with van der Waals surface area (Å²) in [6.45, 7) is 3.48. The highest BCUT2D eigenvalue weighted by Crippen LogP contribution is 2.37. The van der Waals surface area contributed by atoms with Crippen LogP contribution < -0.4 is 19.5 Å². The predicted octanol–water partition coefficient (Wildman–Crippen LogP) is 3.69. The zero-order valence-electron chi connectivity index (χ0n) is 20.4. The number of amides is 1. The number of nitrogens with zero attached hydrogens (tertiary/aromatic N) is 3. The number of nitrogens with one attached hydrogen (secondary N) is 1. The number of ether oxygens (including phenoxy) is 3. The van der Waals surface area contributed by atoms with Crippen molar-refractivity contribution in [2.45, 2.75) is 64.6 Å². The Morgan fingerprint density at radius 2 is 1.89 bits per heavy atom. The van der Waals surface area contributed by atoms with Gasteiger partial charge in [-0.25, -0.2) is 13.9 Å². The van der Waals surface area contributed by atoms with E-state index in [1.165, 1.54) is 30.0 Å². The number of hydrogen-bond donors (Lipinski definition) is 2. The van der Waals surface area contributed by atoms with Crippen molar-refractivity contribution in [1.82, 2.24) is 19.9 Å². The van der Waals surface area contributed by atoms with Crippen LogP contribution in [-0.4, -0.2) is 63.3 Å². The van der Waals surface area contributed by atoms with E-state index in [-0.39, 0.29) is 17.7 Å². The summed E-state index contributed by atoms with van der Waals surface area (Å²) in [6, 6.07) is 3.69. The third-order valence-electron chi connectivity index (χ3n) is 5.98. The van der Waals surface area contributed by atoms with Crippen LogP contribution >= 0.6 is 0 Å². The Morgan fingerprint density at radius 1 is 1.22 bits per heavy atom. The van der Waals surface area contributed by atoms with Crippen molar-refractivity contribution in [2.75, 3.05) is 7.11 Å². The number of aliphatic hydroxyl groups is 1. The van der Waals surface area contributed by atoms with Crippen LogP contribution in [0.5, 0.6) is 17.2 Å². The first kappa shape index (κ1) is 25.5. The molecule has 36 heavy (non-hydrogen) atoms. The molecule has 3 aromatic rings. The molecule has 1 aliphatic carbocycles. The molecular weight excluding hydrogens is 481 g/mol. The molecule has 2 aromatic heterocycles. The highest BCUT2D eigenvalue weighted by atomic mass is 19.3. The van der Waals surface area contributed by atoms with Gasteiger partial charge in [-0.15, -0.1) is 0 Å².